The Labute approximate surface area is 157 Å². The minimum Gasteiger partial charge on any atom is -0.481 e. The molecule has 138 valence electrons. The Morgan fingerprint density at radius 2 is 2.08 bits per heavy atom. The van der Waals surface area contributed by atoms with Gasteiger partial charge in [0.25, 0.3) is 0 Å². The molecular weight excluding hydrogens is 350 g/mol. The number of carbonyl (C=O) groups is 1. The number of rotatable bonds is 4. The minimum absolute atomic E-state index is 0.230. The average molecular weight is 373 g/mol. The second-order valence-electron chi connectivity index (χ2n) is 6.60. The molecule has 0 N–H and O–H groups in total. The van der Waals surface area contributed by atoms with E-state index in [1.165, 1.54) is 10.4 Å². The maximum absolute atomic E-state index is 12.7. The Morgan fingerprint density at radius 3 is 2.88 bits per heavy atom. The molecule has 4 rings (SSSR count). The number of nitrogens with zero attached hydrogens (tertiary/aromatic N) is 5. The third-order valence-electron chi connectivity index (χ3n) is 5.00. The molecule has 2 aromatic rings. The van der Waals surface area contributed by atoms with E-state index >= 15 is 0 Å². The standard InChI is InChI=1S/C18H23N5O2S/c1-25-16-2-5-19-18(20-16)22-9-7-21(8-10-22)13-17(24)23-6-3-15-14(12-23)4-11-26-15/h2,4-5,11H,3,6-10,12-13H2,1H3. The lowest BCUT2D eigenvalue weighted by Gasteiger charge is -2.36. The van der Waals surface area contributed by atoms with Gasteiger partial charge in [0.1, 0.15) is 0 Å². The summed E-state index contributed by atoms with van der Waals surface area (Å²) in [5, 5.41) is 2.12. The first kappa shape index (κ1) is 17.2. The quantitative estimate of drug-likeness (QED) is 0.804. The van der Waals surface area contributed by atoms with Crippen molar-refractivity contribution in [2.24, 2.45) is 0 Å². The van der Waals surface area contributed by atoms with E-state index in [4.69, 9.17) is 4.74 Å². The lowest BCUT2D eigenvalue weighted by atomic mass is 10.1. The smallest absolute Gasteiger partial charge is 0.237 e. The van der Waals surface area contributed by atoms with Crippen LogP contribution in [0.1, 0.15) is 10.4 Å². The molecule has 0 saturated carbocycles. The molecule has 2 aliphatic heterocycles. The topological polar surface area (TPSA) is 61.8 Å². The van der Waals surface area contributed by atoms with Crippen molar-refractivity contribution in [3.63, 3.8) is 0 Å². The number of aromatic nitrogens is 2. The summed E-state index contributed by atoms with van der Waals surface area (Å²) in [6.45, 7) is 5.39. The molecule has 0 aromatic carbocycles. The molecule has 26 heavy (non-hydrogen) atoms. The van der Waals surface area contributed by atoms with E-state index in [0.29, 0.717) is 18.4 Å². The summed E-state index contributed by atoms with van der Waals surface area (Å²) in [6, 6.07) is 3.89. The van der Waals surface area contributed by atoms with Crippen molar-refractivity contribution < 1.29 is 9.53 Å². The Kier molecular flexibility index (Phi) is 5.03. The zero-order valence-electron chi connectivity index (χ0n) is 14.9. The average Bonchev–Trinajstić information content (AvgIpc) is 3.16. The fourth-order valence-corrected chi connectivity index (χ4v) is 4.35. The van der Waals surface area contributed by atoms with Crippen LogP contribution in [0.5, 0.6) is 5.88 Å². The number of amides is 1. The molecule has 0 radical (unpaired) electrons. The van der Waals surface area contributed by atoms with Crippen molar-refractivity contribution in [1.82, 2.24) is 19.8 Å². The third kappa shape index (κ3) is 3.66. The summed E-state index contributed by atoms with van der Waals surface area (Å²) in [6.07, 6.45) is 2.70. The summed E-state index contributed by atoms with van der Waals surface area (Å²) in [5.74, 6) is 1.50. The van der Waals surface area contributed by atoms with Gasteiger partial charge in [0.2, 0.25) is 17.7 Å². The van der Waals surface area contributed by atoms with Crippen molar-refractivity contribution in [3.8, 4) is 5.88 Å². The van der Waals surface area contributed by atoms with E-state index in [9.17, 15) is 4.79 Å². The van der Waals surface area contributed by atoms with Gasteiger partial charge in [-0.05, 0) is 23.4 Å². The summed E-state index contributed by atoms with van der Waals surface area (Å²) in [4.78, 5) is 29.2. The molecule has 4 heterocycles. The van der Waals surface area contributed by atoms with Crippen LogP contribution < -0.4 is 9.64 Å². The van der Waals surface area contributed by atoms with Crippen molar-refractivity contribution >= 4 is 23.2 Å². The number of piperazine rings is 1. The molecule has 1 saturated heterocycles. The molecule has 7 nitrogen and oxygen atoms in total. The molecule has 1 fully saturated rings. The zero-order valence-corrected chi connectivity index (χ0v) is 15.7. The molecular formula is C18H23N5O2S. The monoisotopic (exact) mass is 373 g/mol. The van der Waals surface area contributed by atoms with Crippen molar-refractivity contribution in [2.45, 2.75) is 13.0 Å². The number of hydrogen-bond acceptors (Lipinski definition) is 7. The van der Waals surface area contributed by atoms with E-state index < -0.39 is 0 Å². The van der Waals surface area contributed by atoms with Gasteiger partial charge in [-0.3, -0.25) is 9.69 Å². The highest BCUT2D eigenvalue weighted by atomic mass is 32.1. The number of fused-ring (bicyclic) bond motifs is 1. The van der Waals surface area contributed by atoms with Gasteiger partial charge in [-0.15, -0.1) is 11.3 Å². The normalized spacial score (nSPS) is 17.9. The van der Waals surface area contributed by atoms with Crippen LogP contribution >= 0.6 is 11.3 Å². The zero-order chi connectivity index (χ0) is 17.9. The lowest BCUT2D eigenvalue weighted by molar-refractivity contribution is -0.133. The molecule has 0 spiro atoms. The number of thiophene rings is 1. The highest BCUT2D eigenvalue weighted by Gasteiger charge is 2.25. The molecule has 0 unspecified atom stereocenters. The summed E-state index contributed by atoms with van der Waals surface area (Å²) in [7, 11) is 1.61. The number of methoxy groups -OCH3 is 1. The number of ether oxygens (including phenoxy) is 1. The Morgan fingerprint density at radius 1 is 1.23 bits per heavy atom. The fourth-order valence-electron chi connectivity index (χ4n) is 3.46. The maximum atomic E-state index is 12.7. The van der Waals surface area contributed by atoms with Crippen molar-refractivity contribution in [3.05, 3.63) is 34.2 Å². The van der Waals surface area contributed by atoms with Crippen LogP contribution in [0, 0.1) is 0 Å². The van der Waals surface area contributed by atoms with Gasteiger partial charge in [0.15, 0.2) is 0 Å². The Hall–Kier alpha value is -2.19. The Bertz CT molecular complexity index is 772. The molecule has 0 atom stereocenters. The summed E-state index contributed by atoms with van der Waals surface area (Å²) < 4.78 is 5.17. The van der Waals surface area contributed by atoms with E-state index in [1.807, 2.05) is 4.90 Å². The number of hydrogen-bond donors (Lipinski definition) is 0. The Balaban J connectivity index is 1.29. The summed E-state index contributed by atoms with van der Waals surface area (Å²) >= 11 is 1.80. The molecule has 2 aliphatic rings. The van der Waals surface area contributed by atoms with Crippen LogP contribution in [0.3, 0.4) is 0 Å². The first-order chi connectivity index (χ1) is 12.7. The van der Waals surface area contributed by atoms with Gasteiger partial charge in [0, 0.05) is 56.4 Å². The molecule has 2 aromatic heterocycles. The highest BCUT2D eigenvalue weighted by Crippen LogP contribution is 2.24. The van der Waals surface area contributed by atoms with E-state index in [1.54, 1.807) is 30.7 Å². The van der Waals surface area contributed by atoms with Gasteiger partial charge in [0.05, 0.1) is 13.7 Å². The predicted octanol–water partition coefficient (Wildman–Crippen LogP) is 1.25. The van der Waals surface area contributed by atoms with Gasteiger partial charge in [-0.1, -0.05) is 0 Å². The second kappa shape index (κ2) is 7.59. The third-order valence-corrected chi connectivity index (χ3v) is 6.02. The largest absolute Gasteiger partial charge is 0.481 e. The lowest BCUT2D eigenvalue weighted by Crippen LogP contribution is -2.51. The fraction of sp³-hybridized carbons (Fsp3) is 0.500. The first-order valence-corrected chi connectivity index (χ1v) is 9.78. The second-order valence-corrected chi connectivity index (χ2v) is 7.60. The molecule has 0 aliphatic carbocycles. The van der Waals surface area contributed by atoms with E-state index in [-0.39, 0.29) is 5.91 Å². The molecule has 1 amide bonds. The molecule has 8 heteroatoms. The van der Waals surface area contributed by atoms with Gasteiger partial charge in [-0.2, -0.15) is 4.98 Å². The highest BCUT2D eigenvalue weighted by molar-refractivity contribution is 7.10. The maximum Gasteiger partial charge on any atom is 0.237 e. The first-order valence-electron chi connectivity index (χ1n) is 8.90. The van der Waals surface area contributed by atoms with E-state index in [0.717, 1.165) is 45.7 Å². The number of anilines is 1. The molecule has 0 bridgehead atoms. The van der Waals surface area contributed by atoms with Crippen LogP contribution in [-0.2, 0) is 17.8 Å². The van der Waals surface area contributed by atoms with Crippen LogP contribution in [-0.4, -0.2) is 72.1 Å². The predicted molar refractivity (Wildman–Crippen MR) is 101 cm³/mol. The van der Waals surface area contributed by atoms with Crippen LogP contribution in [0.4, 0.5) is 5.95 Å². The van der Waals surface area contributed by atoms with E-state index in [2.05, 4.69) is 31.2 Å². The van der Waals surface area contributed by atoms with Crippen molar-refractivity contribution in [1.29, 1.82) is 0 Å². The SMILES string of the molecule is COc1ccnc(N2CCN(CC(=O)N3CCc4sccc4C3)CC2)n1. The van der Waals surface area contributed by atoms with Crippen LogP contribution in [0.2, 0.25) is 0 Å². The number of carbonyl (C=O) groups excluding carboxylic acids is 1. The van der Waals surface area contributed by atoms with Crippen LogP contribution in [0.15, 0.2) is 23.7 Å². The summed E-state index contributed by atoms with van der Waals surface area (Å²) in [5.41, 5.74) is 1.31. The van der Waals surface area contributed by atoms with Crippen LogP contribution in [0.25, 0.3) is 0 Å². The van der Waals surface area contributed by atoms with Crippen molar-refractivity contribution in [2.75, 3.05) is 51.3 Å². The van der Waals surface area contributed by atoms with Gasteiger partial charge >= 0.3 is 0 Å². The van der Waals surface area contributed by atoms with Gasteiger partial charge < -0.3 is 14.5 Å². The minimum atomic E-state index is 0.230. The van der Waals surface area contributed by atoms with Gasteiger partial charge in [-0.25, -0.2) is 4.98 Å².